The van der Waals surface area contributed by atoms with Crippen LogP contribution in [0.3, 0.4) is 0 Å². The molecule has 1 fully saturated rings. The summed E-state index contributed by atoms with van der Waals surface area (Å²) in [4.78, 5) is 50.1. The second-order valence-electron chi connectivity index (χ2n) is 8.29. The van der Waals surface area contributed by atoms with Crippen molar-refractivity contribution in [2.24, 2.45) is 0 Å². The van der Waals surface area contributed by atoms with Crippen LogP contribution in [0.5, 0.6) is 0 Å². The average molecular weight is 491 g/mol. The monoisotopic (exact) mass is 491 g/mol. The molecule has 2 aromatic rings. The first kappa shape index (κ1) is 25.0. The molecule has 0 aliphatic carbocycles. The molecule has 6 radical (unpaired) electrons. The Labute approximate surface area is 208 Å². The van der Waals surface area contributed by atoms with Gasteiger partial charge in [0, 0.05) is 29.1 Å². The van der Waals surface area contributed by atoms with Crippen molar-refractivity contribution < 1.29 is 28.0 Å². The molecule has 0 aromatic heterocycles. The van der Waals surface area contributed by atoms with Crippen molar-refractivity contribution in [2.45, 2.75) is 36.7 Å². The Morgan fingerprint density at radius 2 is 1.83 bits per heavy atom. The largest absolute Gasteiger partial charge is 0.349 e. The third-order valence-electron chi connectivity index (χ3n) is 6.04. The number of halogens is 3. The lowest BCUT2D eigenvalue weighted by Crippen LogP contribution is -2.59. The minimum absolute atomic E-state index is 0.0107. The van der Waals surface area contributed by atoms with E-state index in [1.165, 1.54) is 24.3 Å². The molecule has 7 nitrogen and oxygen atoms in total. The molecular formula is C22H15B3ClF2N3O4. The number of amides is 4. The summed E-state index contributed by atoms with van der Waals surface area (Å²) in [6, 6.07) is 6.16. The topological polar surface area (TPSA) is 95.6 Å². The maximum Gasteiger partial charge on any atom is 0.349 e. The van der Waals surface area contributed by atoms with Gasteiger partial charge in [-0.05, 0) is 41.1 Å². The van der Waals surface area contributed by atoms with E-state index in [1.807, 2.05) is 0 Å². The summed E-state index contributed by atoms with van der Waals surface area (Å²) in [5, 5.41) is 2.48. The van der Waals surface area contributed by atoms with Crippen LogP contribution in [0.25, 0.3) is 0 Å². The summed E-state index contributed by atoms with van der Waals surface area (Å²) >= 11 is 5.71. The second kappa shape index (κ2) is 8.82. The lowest BCUT2D eigenvalue weighted by Gasteiger charge is -2.41. The molecule has 0 bridgehead atoms. The summed E-state index contributed by atoms with van der Waals surface area (Å²) in [6.07, 6.45) is 0.00432. The first-order chi connectivity index (χ1) is 16.4. The highest BCUT2D eigenvalue weighted by molar-refractivity contribution is 6.47. The maximum absolute atomic E-state index is 14.6. The number of hydrogen-bond donors (Lipinski definition) is 2. The molecule has 1 unspecified atom stereocenters. The van der Waals surface area contributed by atoms with Gasteiger partial charge in [0.05, 0.1) is 15.7 Å². The summed E-state index contributed by atoms with van der Waals surface area (Å²) in [7, 11) is 18.7. The molecule has 4 amide bonds. The van der Waals surface area contributed by atoms with E-state index in [-0.39, 0.29) is 40.0 Å². The van der Waals surface area contributed by atoms with Gasteiger partial charge in [-0.1, -0.05) is 35.3 Å². The number of alkyl halides is 2. The quantitative estimate of drug-likeness (QED) is 0.463. The van der Waals surface area contributed by atoms with E-state index in [0.717, 1.165) is 17.0 Å². The number of carbonyl (C=O) groups excluding carboxylic acids is 4. The molecule has 2 aliphatic heterocycles. The predicted molar refractivity (Wildman–Crippen MR) is 125 cm³/mol. The van der Waals surface area contributed by atoms with E-state index in [2.05, 4.69) is 10.6 Å². The lowest BCUT2D eigenvalue weighted by molar-refractivity contribution is -0.147. The van der Waals surface area contributed by atoms with Crippen molar-refractivity contribution in [1.82, 2.24) is 15.5 Å². The van der Waals surface area contributed by atoms with Gasteiger partial charge >= 0.3 is 5.92 Å². The van der Waals surface area contributed by atoms with Crippen LogP contribution in [-0.4, -0.2) is 58.1 Å². The standard InChI is InChI=1S/C22H15B3ClF2N3O4/c23-17-10(9-29-20(35)21(27,28)11-2-4-12(26)5-3-11)1-6-13-16(17)22(24,25)31(19(13)34)14-7-8-15(32)30-18(14)33/h1-6,14H,7-9H2,(H,29,35)(H,30,32,33). The first-order valence-electron chi connectivity index (χ1n) is 10.4. The Kier molecular flexibility index (Phi) is 6.29. The molecule has 0 saturated carbocycles. The van der Waals surface area contributed by atoms with E-state index in [9.17, 15) is 28.0 Å². The smallest absolute Gasteiger partial charge is 0.346 e. The molecule has 2 aromatic carbocycles. The van der Waals surface area contributed by atoms with Gasteiger partial charge in [-0.2, -0.15) is 8.78 Å². The van der Waals surface area contributed by atoms with Crippen LogP contribution in [0.2, 0.25) is 5.02 Å². The van der Waals surface area contributed by atoms with Crippen LogP contribution < -0.4 is 16.1 Å². The van der Waals surface area contributed by atoms with Gasteiger partial charge in [0.1, 0.15) is 13.9 Å². The minimum atomic E-state index is -3.85. The first-order valence-corrected chi connectivity index (χ1v) is 10.8. The number of piperidine rings is 1. The molecule has 2 N–H and O–H groups in total. The zero-order valence-electron chi connectivity index (χ0n) is 18.1. The zero-order valence-corrected chi connectivity index (χ0v) is 18.9. The van der Waals surface area contributed by atoms with E-state index in [4.69, 9.17) is 35.1 Å². The molecule has 35 heavy (non-hydrogen) atoms. The van der Waals surface area contributed by atoms with Crippen LogP contribution in [-0.2, 0) is 32.2 Å². The molecule has 1 atom stereocenters. The third kappa shape index (κ3) is 4.24. The molecule has 1 saturated heterocycles. The van der Waals surface area contributed by atoms with E-state index < -0.39 is 53.0 Å². The zero-order chi connectivity index (χ0) is 25.7. The number of nitrogens with one attached hydrogen (secondary N) is 2. The predicted octanol–water partition coefficient (Wildman–Crippen LogP) is 0.250. The number of imide groups is 1. The summed E-state index contributed by atoms with van der Waals surface area (Å²) in [5.41, 5.74) is -0.440. The molecule has 0 spiro atoms. The highest BCUT2D eigenvalue weighted by atomic mass is 35.5. The fourth-order valence-corrected chi connectivity index (χ4v) is 4.38. The van der Waals surface area contributed by atoms with Crippen LogP contribution in [0.1, 0.15) is 39.9 Å². The fourth-order valence-electron chi connectivity index (χ4n) is 4.25. The lowest BCUT2D eigenvalue weighted by atomic mass is 9.55. The third-order valence-corrected chi connectivity index (χ3v) is 6.29. The Bertz CT molecular complexity index is 1260. The van der Waals surface area contributed by atoms with E-state index >= 15 is 0 Å². The van der Waals surface area contributed by atoms with Gasteiger partial charge in [-0.25, -0.2) is 0 Å². The number of carbonyl (C=O) groups is 4. The molecular weight excluding hydrogens is 476 g/mol. The van der Waals surface area contributed by atoms with Gasteiger partial charge < -0.3 is 10.2 Å². The highest BCUT2D eigenvalue weighted by Gasteiger charge is 2.49. The molecule has 2 aliphatic rings. The number of benzene rings is 2. The van der Waals surface area contributed by atoms with Gasteiger partial charge in [0.25, 0.3) is 11.8 Å². The number of nitrogens with zero attached hydrogens (tertiary/aromatic N) is 1. The summed E-state index contributed by atoms with van der Waals surface area (Å²) in [6.45, 7) is -0.413. The Balaban J connectivity index is 1.57. The molecule has 13 heteroatoms. The molecule has 172 valence electrons. The fraction of sp³-hybridized carbons (Fsp3) is 0.273. The van der Waals surface area contributed by atoms with Gasteiger partial charge in [0.15, 0.2) is 0 Å². The van der Waals surface area contributed by atoms with Crippen molar-refractivity contribution in [3.8, 4) is 0 Å². The summed E-state index contributed by atoms with van der Waals surface area (Å²) < 4.78 is 29.1. The van der Waals surface area contributed by atoms with Crippen molar-refractivity contribution in [3.05, 3.63) is 63.7 Å². The average Bonchev–Trinajstić information content (AvgIpc) is 2.99. The molecule has 2 heterocycles. The van der Waals surface area contributed by atoms with Crippen molar-refractivity contribution in [2.75, 3.05) is 0 Å². The normalized spacial score (nSPS) is 19.3. The van der Waals surface area contributed by atoms with E-state index in [0.29, 0.717) is 0 Å². The Hall–Kier alpha value is -3.14. The Morgan fingerprint density at radius 1 is 1.17 bits per heavy atom. The number of hydrogen-bond acceptors (Lipinski definition) is 4. The van der Waals surface area contributed by atoms with Crippen LogP contribution >= 0.6 is 11.6 Å². The van der Waals surface area contributed by atoms with Gasteiger partial charge in [0.2, 0.25) is 11.8 Å². The minimum Gasteiger partial charge on any atom is -0.346 e. The van der Waals surface area contributed by atoms with Crippen LogP contribution in [0, 0.1) is 0 Å². The second-order valence-corrected chi connectivity index (χ2v) is 8.73. The van der Waals surface area contributed by atoms with E-state index in [1.54, 1.807) is 0 Å². The molecule has 4 rings (SSSR count). The van der Waals surface area contributed by atoms with Gasteiger partial charge in [-0.15, -0.1) is 0 Å². The maximum atomic E-state index is 14.6. The number of fused-ring (bicyclic) bond motifs is 1. The van der Waals surface area contributed by atoms with Crippen LogP contribution in [0.15, 0.2) is 36.4 Å². The van der Waals surface area contributed by atoms with Gasteiger partial charge in [-0.3, -0.25) is 24.5 Å². The van der Waals surface area contributed by atoms with Crippen LogP contribution in [0.4, 0.5) is 8.78 Å². The van der Waals surface area contributed by atoms with Crippen molar-refractivity contribution in [1.29, 1.82) is 0 Å². The van der Waals surface area contributed by atoms with Crippen molar-refractivity contribution >= 4 is 64.2 Å². The highest BCUT2D eigenvalue weighted by Crippen LogP contribution is 2.37. The number of rotatable bonds is 5. The SMILES string of the molecule is [B]c1c(CNC(=O)C(F)(F)c2ccc(Cl)cc2)ccc2c1C([B])([B])N(C1CCC(=O)NC1=O)C2=O. The summed E-state index contributed by atoms with van der Waals surface area (Å²) in [5.74, 6) is -7.30. The Morgan fingerprint density at radius 3 is 2.46 bits per heavy atom. The van der Waals surface area contributed by atoms with Crippen molar-refractivity contribution in [3.63, 3.8) is 0 Å².